The van der Waals surface area contributed by atoms with E-state index in [0.29, 0.717) is 0 Å². The van der Waals surface area contributed by atoms with Crippen molar-refractivity contribution in [3.63, 3.8) is 0 Å². The van der Waals surface area contributed by atoms with E-state index in [9.17, 15) is 10.2 Å². The second-order valence-corrected chi connectivity index (χ2v) is 3.52. The molecule has 0 aliphatic carbocycles. The highest BCUT2D eigenvalue weighted by Gasteiger charge is 2.50. The molecule has 1 saturated heterocycles. The van der Waals surface area contributed by atoms with Gasteiger partial charge in [0.05, 0.1) is 13.2 Å². The highest BCUT2D eigenvalue weighted by atomic mass is 16.6. The fourth-order valence-corrected chi connectivity index (χ4v) is 1.60. The van der Waals surface area contributed by atoms with Crippen LogP contribution in [0.3, 0.4) is 0 Å². The molecule has 78 valence electrons. The maximum absolute atomic E-state index is 9.58. The number of methoxy groups -OCH3 is 1. The third kappa shape index (κ3) is 1.84. The van der Waals surface area contributed by atoms with E-state index < -0.39 is 23.9 Å². The lowest BCUT2D eigenvalue weighted by atomic mass is 9.98. The Bertz CT molecular complexity index is 174. The highest BCUT2D eigenvalue weighted by Crippen LogP contribution is 2.30. The van der Waals surface area contributed by atoms with Crippen LogP contribution in [-0.4, -0.2) is 59.6 Å². The van der Waals surface area contributed by atoms with Gasteiger partial charge in [0.15, 0.2) is 0 Å². The Balaban J connectivity index is 2.69. The Kier molecular flexibility index (Phi) is 3.26. The molecular formula is C8H16O5. The topological polar surface area (TPSA) is 79.2 Å². The number of aliphatic hydroxyl groups is 3. The molecule has 0 bridgehead atoms. The summed E-state index contributed by atoms with van der Waals surface area (Å²) in [5.74, 6) is 0. The van der Waals surface area contributed by atoms with Gasteiger partial charge in [0, 0.05) is 7.11 Å². The third-order valence-corrected chi connectivity index (χ3v) is 2.36. The van der Waals surface area contributed by atoms with Crippen LogP contribution in [0, 0.1) is 0 Å². The van der Waals surface area contributed by atoms with Crippen LogP contribution in [0.5, 0.6) is 0 Å². The van der Waals surface area contributed by atoms with Gasteiger partial charge in [-0.25, -0.2) is 0 Å². The molecule has 5 heteroatoms. The van der Waals surface area contributed by atoms with Gasteiger partial charge >= 0.3 is 0 Å². The first-order valence-corrected chi connectivity index (χ1v) is 4.19. The van der Waals surface area contributed by atoms with Crippen LogP contribution in [0.4, 0.5) is 0 Å². The van der Waals surface area contributed by atoms with Crippen molar-refractivity contribution in [3.05, 3.63) is 0 Å². The monoisotopic (exact) mass is 192 g/mol. The number of hydrogen-bond donors (Lipinski definition) is 3. The Morgan fingerprint density at radius 3 is 2.46 bits per heavy atom. The lowest BCUT2D eigenvalue weighted by Crippen LogP contribution is -2.44. The van der Waals surface area contributed by atoms with Gasteiger partial charge in [0.2, 0.25) is 0 Å². The van der Waals surface area contributed by atoms with E-state index in [1.165, 1.54) is 7.11 Å². The number of ether oxygens (including phenoxy) is 2. The summed E-state index contributed by atoms with van der Waals surface area (Å²) in [5.41, 5.74) is -0.929. The summed E-state index contributed by atoms with van der Waals surface area (Å²) in [6.45, 7) is 1.51. The molecule has 0 amide bonds. The Labute approximate surface area is 76.9 Å². The van der Waals surface area contributed by atoms with E-state index in [1.807, 2.05) is 0 Å². The largest absolute Gasteiger partial charge is 0.394 e. The van der Waals surface area contributed by atoms with Crippen molar-refractivity contribution in [2.75, 3.05) is 20.3 Å². The molecule has 13 heavy (non-hydrogen) atoms. The molecule has 1 heterocycles. The van der Waals surface area contributed by atoms with Crippen molar-refractivity contribution in [2.24, 2.45) is 0 Å². The summed E-state index contributed by atoms with van der Waals surface area (Å²) in [4.78, 5) is 0. The average Bonchev–Trinajstić information content (AvgIpc) is 2.31. The minimum absolute atomic E-state index is 0.182. The molecule has 5 nitrogen and oxygen atoms in total. The number of hydrogen-bond acceptors (Lipinski definition) is 5. The van der Waals surface area contributed by atoms with Crippen LogP contribution in [0.1, 0.15) is 6.92 Å². The van der Waals surface area contributed by atoms with Gasteiger partial charge in [-0.3, -0.25) is 0 Å². The minimum atomic E-state index is -1.05. The fourth-order valence-electron chi connectivity index (χ4n) is 1.60. The zero-order chi connectivity index (χ0) is 10.1. The molecular weight excluding hydrogens is 176 g/mol. The summed E-state index contributed by atoms with van der Waals surface area (Å²) in [7, 11) is 1.49. The average molecular weight is 192 g/mol. The van der Waals surface area contributed by atoms with E-state index in [0.717, 1.165) is 0 Å². The van der Waals surface area contributed by atoms with E-state index in [2.05, 4.69) is 0 Å². The first kappa shape index (κ1) is 10.9. The number of aliphatic hydroxyl groups excluding tert-OH is 3. The predicted molar refractivity (Wildman–Crippen MR) is 44.3 cm³/mol. The van der Waals surface area contributed by atoms with E-state index in [1.54, 1.807) is 6.92 Å². The molecule has 0 aromatic carbocycles. The molecule has 1 fully saturated rings. The van der Waals surface area contributed by atoms with Crippen molar-refractivity contribution in [2.45, 2.75) is 30.8 Å². The SMILES string of the molecule is COC[C@@]1(C)O[C@@H](CO)[C@@H](O)C1O. The predicted octanol–water partition coefficient (Wildman–Crippen LogP) is -1.50. The first-order valence-electron chi connectivity index (χ1n) is 4.19. The van der Waals surface area contributed by atoms with Crippen LogP contribution in [0.2, 0.25) is 0 Å². The zero-order valence-electron chi connectivity index (χ0n) is 7.80. The van der Waals surface area contributed by atoms with Crippen molar-refractivity contribution in [1.82, 2.24) is 0 Å². The second-order valence-electron chi connectivity index (χ2n) is 3.52. The van der Waals surface area contributed by atoms with Crippen LogP contribution < -0.4 is 0 Å². The molecule has 1 unspecified atom stereocenters. The minimum Gasteiger partial charge on any atom is -0.394 e. The summed E-state index contributed by atoms with van der Waals surface area (Å²) >= 11 is 0. The lowest BCUT2D eigenvalue weighted by molar-refractivity contribution is -0.114. The van der Waals surface area contributed by atoms with Gasteiger partial charge < -0.3 is 24.8 Å². The normalized spacial score (nSPS) is 45.5. The van der Waals surface area contributed by atoms with Crippen LogP contribution in [0.25, 0.3) is 0 Å². The molecule has 1 rings (SSSR count). The van der Waals surface area contributed by atoms with Crippen LogP contribution in [0.15, 0.2) is 0 Å². The van der Waals surface area contributed by atoms with Crippen molar-refractivity contribution in [3.8, 4) is 0 Å². The van der Waals surface area contributed by atoms with Gasteiger partial charge in [-0.05, 0) is 6.92 Å². The second kappa shape index (κ2) is 3.89. The summed E-state index contributed by atoms with van der Waals surface area (Å²) in [5, 5.41) is 27.8. The smallest absolute Gasteiger partial charge is 0.118 e. The molecule has 4 atom stereocenters. The Hall–Kier alpha value is -0.200. The van der Waals surface area contributed by atoms with E-state index >= 15 is 0 Å². The molecule has 0 radical (unpaired) electrons. The molecule has 0 saturated carbocycles. The standard InChI is InChI=1S/C8H16O5/c1-8(4-12-2)7(11)6(10)5(3-9)13-8/h5-7,9-11H,3-4H2,1-2H3/t5-,6+,7?,8+/m0/s1. The molecule has 3 N–H and O–H groups in total. The molecule has 0 aromatic heterocycles. The molecule has 0 aromatic rings. The van der Waals surface area contributed by atoms with Gasteiger partial charge in [0.1, 0.15) is 23.9 Å². The maximum Gasteiger partial charge on any atom is 0.118 e. The van der Waals surface area contributed by atoms with Crippen LogP contribution >= 0.6 is 0 Å². The maximum atomic E-state index is 9.58. The van der Waals surface area contributed by atoms with Gasteiger partial charge in [-0.1, -0.05) is 0 Å². The molecule has 1 aliphatic rings. The van der Waals surface area contributed by atoms with Crippen molar-refractivity contribution < 1.29 is 24.8 Å². The number of rotatable bonds is 3. The first-order chi connectivity index (χ1) is 6.05. The van der Waals surface area contributed by atoms with Crippen LogP contribution in [-0.2, 0) is 9.47 Å². The Morgan fingerprint density at radius 1 is 1.46 bits per heavy atom. The summed E-state index contributed by atoms with van der Waals surface area (Å²) in [6, 6.07) is 0. The van der Waals surface area contributed by atoms with Gasteiger partial charge in [0.25, 0.3) is 0 Å². The quantitative estimate of drug-likeness (QED) is 0.507. The molecule has 1 aliphatic heterocycles. The third-order valence-electron chi connectivity index (χ3n) is 2.36. The fraction of sp³-hybridized carbons (Fsp3) is 1.00. The highest BCUT2D eigenvalue weighted by molar-refractivity contribution is 4.99. The summed E-state index contributed by atoms with van der Waals surface area (Å²) < 4.78 is 10.2. The zero-order valence-corrected chi connectivity index (χ0v) is 7.80. The van der Waals surface area contributed by atoms with E-state index in [-0.39, 0.29) is 13.2 Å². The van der Waals surface area contributed by atoms with E-state index in [4.69, 9.17) is 14.6 Å². The lowest BCUT2D eigenvalue weighted by Gasteiger charge is -2.26. The summed E-state index contributed by atoms with van der Waals surface area (Å²) in [6.07, 6.45) is -2.80. The Morgan fingerprint density at radius 2 is 2.08 bits per heavy atom. The van der Waals surface area contributed by atoms with Gasteiger partial charge in [-0.15, -0.1) is 0 Å². The van der Waals surface area contributed by atoms with Crippen molar-refractivity contribution in [1.29, 1.82) is 0 Å². The van der Waals surface area contributed by atoms with Crippen molar-refractivity contribution >= 4 is 0 Å². The molecule has 0 spiro atoms. The van der Waals surface area contributed by atoms with Gasteiger partial charge in [-0.2, -0.15) is 0 Å².